The fourth-order valence-electron chi connectivity index (χ4n) is 3.22. The highest BCUT2D eigenvalue weighted by atomic mass is 35.5. The second-order valence-corrected chi connectivity index (χ2v) is 7.93. The first-order valence-electron chi connectivity index (χ1n) is 9.19. The third-order valence-electron chi connectivity index (χ3n) is 4.99. The van der Waals surface area contributed by atoms with Crippen LogP contribution in [0.3, 0.4) is 0 Å². The van der Waals surface area contributed by atoms with E-state index in [0.29, 0.717) is 10.1 Å². The fourth-order valence-corrected chi connectivity index (χ4v) is 3.64. The normalized spacial score (nSPS) is 16.2. The van der Waals surface area contributed by atoms with Gasteiger partial charge in [-0.2, -0.15) is 0 Å². The van der Waals surface area contributed by atoms with Crippen LogP contribution in [0.25, 0.3) is 0 Å². The van der Waals surface area contributed by atoms with Gasteiger partial charge in [-0.3, -0.25) is 0 Å². The van der Waals surface area contributed by atoms with Crippen LogP contribution in [0.4, 0.5) is 11.4 Å². The number of thiocarbonyl (C=S) groups is 1. The highest BCUT2D eigenvalue weighted by Crippen LogP contribution is 2.24. The van der Waals surface area contributed by atoms with Crippen LogP contribution >= 0.6 is 23.8 Å². The Balaban J connectivity index is 1.54. The van der Waals surface area contributed by atoms with Crippen molar-refractivity contribution in [2.24, 2.45) is 5.92 Å². The molecule has 2 N–H and O–H groups in total. The molecule has 0 amide bonds. The Hall–Kier alpha value is -1.78. The minimum Gasteiger partial charge on any atom is -0.372 e. The Kier molecular flexibility index (Phi) is 6.38. The summed E-state index contributed by atoms with van der Waals surface area (Å²) in [5.74, 6) is 0.851. The van der Waals surface area contributed by atoms with Gasteiger partial charge in [0.25, 0.3) is 0 Å². The summed E-state index contributed by atoms with van der Waals surface area (Å²) in [6, 6.07) is 16.5. The van der Waals surface area contributed by atoms with E-state index in [-0.39, 0.29) is 6.04 Å². The topological polar surface area (TPSA) is 27.3 Å². The average Bonchev–Trinajstić information content (AvgIpc) is 2.64. The molecule has 0 aliphatic carbocycles. The Morgan fingerprint density at radius 3 is 2.31 bits per heavy atom. The van der Waals surface area contributed by atoms with Gasteiger partial charge in [-0.25, -0.2) is 0 Å². The molecule has 5 heteroatoms. The molecule has 138 valence electrons. The summed E-state index contributed by atoms with van der Waals surface area (Å²) < 4.78 is 0. The number of hydrogen-bond donors (Lipinski definition) is 2. The van der Waals surface area contributed by atoms with Gasteiger partial charge in [-0.05, 0) is 79.9 Å². The van der Waals surface area contributed by atoms with Crippen LogP contribution in [0, 0.1) is 5.92 Å². The van der Waals surface area contributed by atoms with Gasteiger partial charge in [0.2, 0.25) is 0 Å². The van der Waals surface area contributed by atoms with Crippen LogP contribution in [0.1, 0.15) is 38.3 Å². The summed E-state index contributed by atoms with van der Waals surface area (Å²) in [6.45, 7) is 6.77. The molecule has 0 radical (unpaired) electrons. The van der Waals surface area contributed by atoms with Crippen LogP contribution < -0.4 is 15.5 Å². The lowest BCUT2D eigenvalue weighted by Crippen LogP contribution is -2.33. The smallest absolute Gasteiger partial charge is 0.171 e. The third kappa shape index (κ3) is 5.12. The van der Waals surface area contributed by atoms with Crippen molar-refractivity contribution >= 4 is 40.3 Å². The molecule has 1 aliphatic heterocycles. The highest BCUT2D eigenvalue weighted by Gasteiger charge is 2.16. The van der Waals surface area contributed by atoms with Crippen molar-refractivity contribution in [3.05, 3.63) is 59.1 Å². The number of halogens is 1. The molecule has 26 heavy (non-hydrogen) atoms. The maximum atomic E-state index is 5.91. The van der Waals surface area contributed by atoms with Gasteiger partial charge in [0, 0.05) is 29.5 Å². The lowest BCUT2D eigenvalue weighted by atomic mass is 9.98. The van der Waals surface area contributed by atoms with Crippen LogP contribution in [0.5, 0.6) is 0 Å². The summed E-state index contributed by atoms with van der Waals surface area (Å²) in [6.07, 6.45) is 2.56. The van der Waals surface area contributed by atoms with E-state index < -0.39 is 0 Å². The van der Waals surface area contributed by atoms with E-state index in [1.54, 1.807) is 0 Å². The summed E-state index contributed by atoms with van der Waals surface area (Å²) in [5.41, 5.74) is 3.46. The molecule has 0 aromatic heterocycles. The summed E-state index contributed by atoms with van der Waals surface area (Å²) in [7, 11) is 0. The van der Waals surface area contributed by atoms with E-state index in [1.165, 1.54) is 24.1 Å². The lowest BCUT2D eigenvalue weighted by Gasteiger charge is -2.32. The first-order chi connectivity index (χ1) is 12.5. The molecule has 1 atom stereocenters. The SMILES string of the molecule is CC1CCN(c2ccc([C@@H](C)NC(=S)Nc3ccc(Cl)cc3)cc2)CC1. The van der Waals surface area contributed by atoms with Gasteiger partial charge < -0.3 is 15.5 Å². The van der Waals surface area contributed by atoms with Gasteiger partial charge in [0.15, 0.2) is 5.11 Å². The van der Waals surface area contributed by atoms with Crippen molar-refractivity contribution in [2.75, 3.05) is 23.3 Å². The fraction of sp³-hybridized carbons (Fsp3) is 0.381. The van der Waals surface area contributed by atoms with E-state index in [9.17, 15) is 0 Å². The summed E-state index contributed by atoms with van der Waals surface area (Å²) in [5, 5.41) is 7.85. The number of benzene rings is 2. The van der Waals surface area contributed by atoms with E-state index in [1.807, 2.05) is 24.3 Å². The van der Waals surface area contributed by atoms with Gasteiger partial charge in [-0.1, -0.05) is 30.7 Å². The lowest BCUT2D eigenvalue weighted by molar-refractivity contribution is 0.438. The molecular weight excluding hydrogens is 362 g/mol. The second kappa shape index (κ2) is 8.74. The van der Waals surface area contributed by atoms with E-state index in [0.717, 1.165) is 24.7 Å². The minimum atomic E-state index is 0.137. The molecule has 3 rings (SSSR count). The monoisotopic (exact) mass is 387 g/mol. The highest BCUT2D eigenvalue weighted by molar-refractivity contribution is 7.80. The van der Waals surface area contributed by atoms with Crippen molar-refractivity contribution in [3.63, 3.8) is 0 Å². The van der Waals surface area contributed by atoms with Gasteiger partial charge in [0.1, 0.15) is 0 Å². The molecule has 0 unspecified atom stereocenters. The number of anilines is 2. The van der Waals surface area contributed by atoms with Crippen LogP contribution in [-0.4, -0.2) is 18.2 Å². The Morgan fingerprint density at radius 2 is 1.69 bits per heavy atom. The molecule has 1 fully saturated rings. The zero-order valence-corrected chi connectivity index (χ0v) is 16.9. The van der Waals surface area contributed by atoms with Crippen molar-refractivity contribution in [1.82, 2.24) is 5.32 Å². The van der Waals surface area contributed by atoms with E-state index in [4.69, 9.17) is 23.8 Å². The largest absolute Gasteiger partial charge is 0.372 e. The number of rotatable bonds is 4. The number of hydrogen-bond acceptors (Lipinski definition) is 2. The Labute approximate surface area is 166 Å². The quantitative estimate of drug-likeness (QED) is 0.665. The first kappa shape index (κ1) is 19.0. The zero-order valence-electron chi connectivity index (χ0n) is 15.3. The zero-order chi connectivity index (χ0) is 18.5. The summed E-state index contributed by atoms with van der Waals surface area (Å²) in [4.78, 5) is 2.48. The van der Waals surface area contributed by atoms with Gasteiger partial charge in [0.05, 0.1) is 6.04 Å². The molecule has 2 aromatic carbocycles. The predicted octanol–water partition coefficient (Wildman–Crippen LogP) is 5.62. The molecule has 1 saturated heterocycles. The maximum absolute atomic E-state index is 5.91. The van der Waals surface area contributed by atoms with Crippen LogP contribution in [0.2, 0.25) is 5.02 Å². The molecule has 1 heterocycles. The molecule has 0 bridgehead atoms. The molecule has 0 spiro atoms. The molecule has 1 aliphatic rings. The standard InChI is InChI=1S/C21H26ClN3S/c1-15-11-13-25(14-12-15)20-9-3-17(4-10-20)16(2)23-21(26)24-19-7-5-18(22)6-8-19/h3-10,15-16H,11-14H2,1-2H3,(H2,23,24,26)/t16-/m1/s1. The van der Waals surface area contributed by atoms with Crippen molar-refractivity contribution in [3.8, 4) is 0 Å². The van der Waals surface area contributed by atoms with Crippen LogP contribution in [0.15, 0.2) is 48.5 Å². The van der Waals surface area contributed by atoms with E-state index >= 15 is 0 Å². The first-order valence-corrected chi connectivity index (χ1v) is 9.98. The Morgan fingerprint density at radius 1 is 1.08 bits per heavy atom. The number of piperidine rings is 1. The van der Waals surface area contributed by atoms with Crippen molar-refractivity contribution in [2.45, 2.75) is 32.7 Å². The predicted molar refractivity (Wildman–Crippen MR) is 116 cm³/mol. The molecule has 2 aromatic rings. The third-order valence-corrected chi connectivity index (χ3v) is 5.46. The molecular formula is C21H26ClN3S. The minimum absolute atomic E-state index is 0.137. The van der Waals surface area contributed by atoms with Crippen molar-refractivity contribution < 1.29 is 0 Å². The van der Waals surface area contributed by atoms with Crippen molar-refractivity contribution in [1.29, 1.82) is 0 Å². The molecule has 0 saturated carbocycles. The average molecular weight is 388 g/mol. The summed E-state index contributed by atoms with van der Waals surface area (Å²) >= 11 is 11.3. The van der Waals surface area contributed by atoms with Gasteiger partial charge >= 0.3 is 0 Å². The molecule has 3 nitrogen and oxygen atoms in total. The number of nitrogens with zero attached hydrogens (tertiary/aromatic N) is 1. The number of nitrogens with one attached hydrogen (secondary N) is 2. The second-order valence-electron chi connectivity index (χ2n) is 7.09. The Bertz CT molecular complexity index is 722. The van der Waals surface area contributed by atoms with E-state index in [2.05, 4.69) is 53.6 Å². The van der Waals surface area contributed by atoms with Crippen LogP contribution in [-0.2, 0) is 0 Å². The maximum Gasteiger partial charge on any atom is 0.171 e. The van der Waals surface area contributed by atoms with Gasteiger partial charge in [-0.15, -0.1) is 0 Å².